The van der Waals surface area contributed by atoms with Crippen molar-refractivity contribution in [3.63, 3.8) is 0 Å². The minimum atomic E-state index is 0.162. The zero-order chi connectivity index (χ0) is 9.26. The Labute approximate surface area is 82.1 Å². The van der Waals surface area contributed by atoms with E-state index in [-0.39, 0.29) is 5.78 Å². The fraction of sp³-hybridized carbons (Fsp3) is 0.364. The third-order valence-corrected chi connectivity index (χ3v) is 3.10. The highest BCUT2D eigenvalue weighted by atomic mass is 32.1. The summed E-state index contributed by atoms with van der Waals surface area (Å²) in [5, 5.41) is 2.06. The lowest BCUT2D eigenvalue weighted by molar-refractivity contribution is -0.112. The van der Waals surface area contributed by atoms with E-state index in [1.165, 1.54) is 23.3 Å². The number of hydrogen-bond acceptors (Lipinski definition) is 2. The number of carbonyl (C=O) groups excluding carboxylic acids is 1. The molecule has 0 radical (unpaired) electrons. The minimum absolute atomic E-state index is 0.162. The third kappa shape index (κ3) is 2.07. The number of thiophene rings is 1. The van der Waals surface area contributed by atoms with E-state index in [0.29, 0.717) is 5.92 Å². The first-order valence-electron chi connectivity index (χ1n) is 4.53. The molecule has 0 aromatic carbocycles. The van der Waals surface area contributed by atoms with Gasteiger partial charge >= 0.3 is 0 Å². The van der Waals surface area contributed by atoms with Gasteiger partial charge in [0.25, 0.3) is 0 Å². The summed E-state index contributed by atoms with van der Waals surface area (Å²) in [7, 11) is 0. The van der Waals surface area contributed by atoms with Crippen LogP contribution in [0.25, 0.3) is 5.57 Å². The van der Waals surface area contributed by atoms with E-state index in [2.05, 4.69) is 11.4 Å². The summed E-state index contributed by atoms with van der Waals surface area (Å²) < 4.78 is 0. The molecule has 0 aliphatic heterocycles. The van der Waals surface area contributed by atoms with Crippen LogP contribution in [-0.4, -0.2) is 5.78 Å². The molecule has 0 N–H and O–H groups in total. The van der Waals surface area contributed by atoms with E-state index < -0.39 is 0 Å². The van der Waals surface area contributed by atoms with Gasteiger partial charge in [-0.3, -0.25) is 4.79 Å². The number of ketones is 1. The van der Waals surface area contributed by atoms with Gasteiger partial charge in [0.1, 0.15) is 0 Å². The number of carbonyl (C=O) groups is 1. The number of hydrogen-bond donors (Lipinski definition) is 0. The molecular formula is C11H12OS. The zero-order valence-electron chi connectivity index (χ0n) is 7.62. The van der Waals surface area contributed by atoms with Crippen LogP contribution in [0.2, 0.25) is 0 Å². The van der Waals surface area contributed by atoms with Crippen molar-refractivity contribution in [2.45, 2.75) is 19.8 Å². The van der Waals surface area contributed by atoms with Gasteiger partial charge in [0, 0.05) is 4.88 Å². The summed E-state index contributed by atoms with van der Waals surface area (Å²) in [5.41, 5.74) is 1.25. The van der Waals surface area contributed by atoms with Gasteiger partial charge in [-0.2, -0.15) is 0 Å². The van der Waals surface area contributed by atoms with E-state index in [4.69, 9.17) is 0 Å². The fourth-order valence-corrected chi connectivity index (χ4v) is 2.27. The molecule has 1 saturated carbocycles. The molecule has 1 heterocycles. The highest BCUT2D eigenvalue weighted by molar-refractivity contribution is 7.11. The molecule has 13 heavy (non-hydrogen) atoms. The Morgan fingerprint density at radius 1 is 1.62 bits per heavy atom. The molecular weight excluding hydrogens is 180 g/mol. The summed E-state index contributed by atoms with van der Waals surface area (Å²) in [5.74, 6) is 0.817. The van der Waals surface area contributed by atoms with Gasteiger partial charge in [-0.25, -0.2) is 0 Å². The minimum Gasteiger partial charge on any atom is -0.295 e. The smallest absolute Gasteiger partial charge is 0.152 e. The molecule has 2 heteroatoms. The molecule has 1 nitrogen and oxygen atoms in total. The second-order valence-corrected chi connectivity index (χ2v) is 4.41. The summed E-state index contributed by atoms with van der Waals surface area (Å²) in [6.07, 6.45) is 4.29. The normalized spacial score (nSPS) is 17.5. The average Bonchev–Trinajstić information content (AvgIpc) is 2.77. The molecule has 0 spiro atoms. The van der Waals surface area contributed by atoms with E-state index >= 15 is 0 Å². The van der Waals surface area contributed by atoms with Crippen molar-refractivity contribution >= 4 is 22.7 Å². The summed E-state index contributed by atoms with van der Waals surface area (Å²) >= 11 is 1.72. The highest BCUT2D eigenvalue weighted by Crippen LogP contribution is 2.43. The second-order valence-electron chi connectivity index (χ2n) is 3.46. The molecule has 1 aromatic rings. The Morgan fingerprint density at radius 3 is 2.85 bits per heavy atom. The predicted octanol–water partition coefficient (Wildman–Crippen LogP) is 3.13. The Hall–Kier alpha value is -0.890. The van der Waals surface area contributed by atoms with E-state index in [0.717, 1.165) is 0 Å². The number of rotatable bonds is 3. The Bertz CT molecular complexity index is 331. The van der Waals surface area contributed by atoms with E-state index in [9.17, 15) is 4.79 Å². The SMILES string of the molecule is CC(=O)/C=C(\c1cccs1)C1CC1. The monoisotopic (exact) mass is 192 g/mol. The van der Waals surface area contributed by atoms with Gasteiger partial charge in [0.2, 0.25) is 0 Å². The van der Waals surface area contributed by atoms with Crippen LogP contribution in [0.5, 0.6) is 0 Å². The van der Waals surface area contributed by atoms with Gasteiger partial charge in [-0.1, -0.05) is 6.07 Å². The standard InChI is InChI=1S/C11H12OS/c1-8(12)7-10(9-4-5-9)11-3-2-6-13-11/h2-3,6-7,9H,4-5H2,1H3/b10-7-. The molecule has 0 saturated heterocycles. The Morgan fingerprint density at radius 2 is 2.38 bits per heavy atom. The van der Waals surface area contributed by atoms with Crippen LogP contribution in [0.3, 0.4) is 0 Å². The first kappa shape index (κ1) is 8.70. The summed E-state index contributed by atoms with van der Waals surface area (Å²) in [4.78, 5) is 12.3. The highest BCUT2D eigenvalue weighted by Gasteiger charge is 2.27. The van der Waals surface area contributed by atoms with Crippen molar-refractivity contribution in [2.75, 3.05) is 0 Å². The van der Waals surface area contributed by atoms with Crippen LogP contribution >= 0.6 is 11.3 Å². The lowest BCUT2D eigenvalue weighted by atomic mass is 10.1. The van der Waals surface area contributed by atoms with Gasteiger partial charge in [-0.15, -0.1) is 11.3 Å². The van der Waals surface area contributed by atoms with Gasteiger partial charge in [-0.05, 0) is 48.8 Å². The van der Waals surface area contributed by atoms with Crippen molar-refractivity contribution in [3.05, 3.63) is 28.5 Å². The largest absolute Gasteiger partial charge is 0.295 e. The maximum Gasteiger partial charge on any atom is 0.152 e. The maximum atomic E-state index is 11.0. The van der Waals surface area contributed by atoms with Crippen molar-refractivity contribution in [2.24, 2.45) is 5.92 Å². The summed E-state index contributed by atoms with van der Waals surface area (Å²) in [6, 6.07) is 4.13. The van der Waals surface area contributed by atoms with Crippen LogP contribution in [0, 0.1) is 5.92 Å². The van der Waals surface area contributed by atoms with Crippen LogP contribution in [0.4, 0.5) is 0 Å². The molecule has 1 aliphatic rings. The van der Waals surface area contributed by atoms with Crippen molar-refractivity contribution in [1.82, 2.24) is 0 Å². The molecule has 1 aliphatic carbocycles. The number of allylic oxidation sites excluding steroid dienone is 2. The van der Waals surface area contributed by atoms with Crippen LogP contribution in [-0.2, 0) is 4.79 Å². The first-order chi connectivity index (χ1) is 6.27. The van der Waals surface area contributed by atoms with E-state index in [1.54, 1.807) is 24.3 Å². The maximum absolute atomic E-state index is 11.0. The van der Waals surface area contributed by atoms with Crippen molar-refractivity contribution in [3.8, 4) is 0 Å². The quantitative estimate of drug-likeness (QED) is 0.672. The molecule has 1 fully saturated rings. The second kappa shape index (κ2) is 3.46. The topological polar surface area (TPSA) is 17.1 Å². The van der Waals surface area contributed by atoms with Crippen LogP contribution < -0.4 is 0 Å². The van der Waals surface area contributed by atoms with Crippen molar-refractivity contribution in [1.29, 1.82) is 0 Å². The van der Waals surface area contributed by atoms with E-state index in [1.807, 2.05) is 6.07 Å². The van der Waals surface area contributed by atoms with Crippen LogP contribution in [0.1, 0.15) is 24.6 Å². The molecule has 2 rings (SSSR count). The molecule has 0 unspecified atom stereocenters. The molecule has 68 valence electrons. The fourth-order valence-electron chi connectivity index (χ4n) is 1.45. The van der Waals surface area contributed by atoms with Gasteiger partial charge < -0.3 is 0 Å². The molecule has 0 bridgehead atoms. The zero-order valence-corrected chi connectivity index (χ0v) is 8.43. The lowest BCUT2D eigenvalue weighted by Crippen LogP contribution is -1.89. The average molecular weight is 192 g/mol. The predicted molar refractivity (Wildman–Crippen MR) is 55.7 cm³/mol. The third-order valence-electron chi connectivity index (χ3n) is 2.18. The molecule has 1 aromatic heterocycles. The summed E-state index contributed by atoms with van der Waals surface area (Å²) in [6.45, 7) is 1.62. The Balaban J connectivity index is 2.29. The Kier molecular flexibility index (Phi) is 2.32. The van der Waals surface area contributed by atoms with Gasteiger partial charge in [0.05, 0.1) is 0 Å². The lowest BCUT2D eigenvalue weighted by Gasteiger charge is -2.00. The van der Waals surface area contributed by atoms with Gasteiger partial charge in [0.15, 0.2) is 5.78 Å². The van der Waals surface area contributed by atoms with Crippen LogP contribution in [0.15, 0.2) is 23.6 Å². The van der Waals surface area contributed by atoms with Crippen molar-refractivity contribution < 1.29 is 4.79 Å². The first-order valence-corrected chi connectivity index (χ1v) is 5.41. The molecule has 0 atom stereocenters. The molecule has 0 amide bonds.